The highest BCUT2D eigenvalue weighted by atomic mass is 16.1. The highest BCUT2D eigenvalue weighted by molar-refractivity contribution is 6.02. The number of anilines is 2. The Morgan fingerprint density at radius 1 is 1.64 bits per heavy atom. The highest BCUT2D eigenvalue weighted by Gasteiger charge is 2.25. The van der Waals surface area contributed by atoms with Gasteiger partial charge < -0.3 is 16.0 Å². The lowest BCUT2D eigenvalue weighted by Gasteiger charge is -2.16. The van der Waals surface area contributed by atoms with Gasteiger partial charge in [0.1, 0.15) is 0 Å². The summed E-state index contributed by atoms with van der Waals surface area (Å²) < 4.78 is 0. The molecule has 0 saturated heterocycles. The molecule has 1 unspecified atom stereocenters. The lowest BCUT2D eigenvalue weighted by atomic mass is 10.1. The quantitative estimate of drug-likeness (QED) is 0.688. The van der Waals surface area contributed by atoms with Gasteiger partial charge in [0.2, 0.25) is 0 Å². The molecule has 1 radical (unpaired) electrons. The average Bonchev–Trinajstić information content (AvgIpc) is 2.43. The average molecular weight is 190 g/mol. The molecule has 0 fully saturated rings. The molecule has 1 aromatic rings. The van der Waals surface area contributed by atoms with Crippen LogP contribution in [0.1, 0.15) is 17.3 Å². The molecule has 2 rings (SSSR count). The Morgan fingerprint density at radius 3 is 3.00 bits per heavy atom. The second-order valence-corrected chi connectivity index (χ2v) is 3.42. The first-order valence-corrected chi connectivity index (χ1v) is 4.44. The predicted molar refractivity (Wildman–Crippen MR) is 55.3 cm³/mol. The van der Waals surface area contributed by atoms with Gasteiger partial charge in [0.15, 0.2) is 0 Å². The molecule has 73 valence electrons. The number of primary amides is 1. The van der Waals surface area contributed by atoms with E-state index in [-0.39, 0.29) is 6.17 Å². The van der Waals surface area contributed by atoms with Gasteiger partial charge in [0.05, 0.1) is 23.1 Å². The van der Waals surface area contributed by atoms with Crippen LogP contribution >= 0.6 is 0 Å². The van der Waals surface area contributed by atoms with Crippen LogP contribution in [-0.4, -0.2) is 19.1 Å². The summed E-state index contributed by atoms with van der Waals surface area (Å²) in [7, 11) is 1.96. The molecule has 1 atom stereocenters. The molecule has 4 nitrogen and oxygen atoms in total. The Kier molecular flexibility index (Phi) is 1.84. The lowest BCUT2D eigenvalue weighted by Crippen LogP contribution is -2.28. The zero-order valence-electron chi connectivity index (χ0n) is 8.16. The molecule has 1 heterocycles. The Hall–Kier alpha value is -1.71. The third-order valence-electron chi connectivity index (χ3n) is 2.55. The maximum atomic E-state index is 11.1. The van der Waals surface area contributed by atoms with E-state index in [1.165, 1.54) is 0 Å². The van der Waals surface area contributed by atoms with Gasteiger partial charge in [0.25, 0.3) is 5.91 Å². The Labute approximate surface area is 82.7 Å². The molecule has 0 bridgehead atoms. The summed E-state index contributed by atoms with van der Waals surface area (Å²) in [6.45, 7) is 2.02. The number of nitrogens with zero attached hydrogens (tertiary/aromatic N) is 1. The van der Waals surface area contributed by atoms with Crippen LogP contribution in [0.3, 0.4) is 0 Å². The number of fused-ring (bicyclic) bond motifs is 1. The summed E-state index contributed by atoms with van der Waals surface area (Å²) >= 11 is 0. The van der Waals surface area contributed by atoms with Crippen LogP contribution in [0.5, 0.6) is 0 Å². The Balaban J connectivity index is 2.56. The van der Waals surface area contributed by atoms with Crippen LogP contribution in [-0.2, 0) is 0 Å². The van der Waals surface area contributed by atoms with Crippen molar-refractivity contribution in [1.82, 2.24) is 0 Å². The number of carbonyl (C=O) groups is 1. The molecule has 14 heavy (non-hydrogen) atoms. The fraction of sp³-hybridized carbons (Fsp3) is 0.300. The van der Waals surface area contributed by atoms with Crippen LogP contribution in [0.4, 0.5) is 11.4 Å². The summed E-state index contributed by atoms with van der Waals surface area (Å²) in [4.78, 5) is 13.2. The van der Waals surface area contributed by atoms with Crippen molar-refractivity contribution in [2.24, 2.45) is 5.73 Å². The van der Waals surface area contributed by atoms with Crippen LogP contribution in [0.15, 0.2) is 12.1 Å². The van der Waals surface area contributed by atoms with E-state index in [2.05, 4.69) is 11.4 Å². The first kappa shape index (κ1) is 8.87. The van der Waals surface area contributed by atoms with Gasteiger partial charge in [-0.1, -0.05) is 0 Å². The van der Waals surface area contributed by atoms with Crippen LogP contribution in [0, 0.1) is 6.07 Å². The van der Waals surface area contributed by atoms with E-state index < -0.39 is 5.91 Å². The summed E-state index contributed by atoms with van der Waals surface area (Å²) in [5, 5.41) is 3.20. The first-order chi connectivity index (χ1) is 6.61. The van der Waals surface area contributed by atoms with E-state index in [0.717, 1.165) is 11.4 Å². The maximum absolute atomic E-state index is 11.1. The number of hydrogen-bond donors (Lipinski definition) is 2. The van der Waals surface area contributed by atoms with E-state index >= 15 is 0 Å². The van der Waals surface area contributed by atoms with Gasteiger partial charge in [-0.05, 0) is 25.1 Å². The van der Waals surface area contributed by atoms with E-state index in [9.17, 15) is 4.79 Å². The van der Waals surface area contributed by atoms with Crippen molar-refractivity contribution in [2.45, 2.75) is 13.1 Å². The molecule has 3 N–H and O–H groups in total. The number of carbonyl (C=O) groups excluding carboxylic acids is 1. The molecule has 0 saturated carbocycles. The van der Waals surface area contributed by atoms with Gasteiger partial charge in [-0.2, -0.15) is 0 Å². The Morgan fingerprint density at radius 2 is 2.36 bits per heavy atom. The zero-order chi connectivity index (χ0) is 10.3. The van der Waals surface area contributed by atoms with E-state index in [0.29, 0.717) is 5.56 Å². The standard InChI is InChI=1S/C10H12N3O/c1-6-12-9-7(10(11)14)4-3-5-8(9)13(6)2/h4-6,12H,1-2H3,(H2,11,14). The Bertz CT molecular complexity index is 389. The summed E-state index contributed by atoms with van der Waals surface area (Å²) in [5.41, 5.74) is 7.54. The number of benzene rings is 1. The highest BCUT2D eigenvalue weighted by Crippen LogP contribution is 2.35. The lowest BCUT2D eigenvalue weighted by molar-refractivity contribution is 0.100. The van der Waals surface area contributed by atoms with Crippen molar-refractivity contribution in [1.29, 1.82) is 0 Å². The van der Waals surface area contributed by atoms with Crippen molar-refractivity contribution >= 4 is 17.3 Å². The largest absolute Gasteiger partial charge is 0.366 e. The van der Waals surface area contributed by atoms with Crippen LogP contribution < -0.4 is 16.0 Å². The third-order valence-corrected chi connectivity index (χ3v) is 2.55. The molecular weight excluding hydrogens is 178 g/mol. The van der Waals surface area contributed by atoms with Crippen LogP contribution in [0.25, 0.3) is 0 Å². The number of rotatable bonds is 1. The second kappa shape index (κ2) is 2.90. The number of amides is 1. The fourth-order valence-corrected chi connectivity index (χ4v) is 1.62. The molecule has 0 spiro atoms. The smallest absolute Gasteiger partial charge is 0.250 e. The van der Waals surface area contributed by atoms with Gasteiger partial charge >= 0.3 is 0 Å². The molecule has 0 aromatic heterocycles. The molecule has 1 aliphatic heterocycles. The topological polar surface area (TPSA) is 58.4 Å². The van der Waals surface area contributed by atoms with Crippen molar-refractivity contribution in [3.8, 4) is 0 Å². The second-order valence-electron chi connectivity index (χ2n) is 3.42. The van der Waals surface area contributed by atoms with Crippen LogP contribution in [0.2, 0.25) is 0 Å². The maximum Gasteiger partial charge on any atom is 0.250 e. The fourth-order valence-electron chi connectivity index (χ4n) is 1.62. The van der Waals surface area contributed by atoms with E-state index in [1.807, 2.05) is 24.9 Å². The predicted octanol–water partition coefficient (Wildman–Crippen LogP) is 0.793. The monoisotopic (exact) mass is 190 g/mol. The summed E-state index contributed by atoms with van der Waals surface area (Å²) in [6, 6.07) is 6.37. The number of nitrogens with two attached hydrogens (primary N) is 1. The van der Waals surface area contributed by atoms with Gasteiger partial charge in [-0.3, -0.25) is 4.79 Å². The van der Waals surface area contributed by atoms with Gasteiger partial charge in [0, 0.05) is 7.05 Å². The van der Waals surface area contributed by atoms with Crippen molar-refractivity contribution in [3.63, 3.8) is 0 Å². The molecule has 1 aliphatic rings. The molecule has 4 heteroatoms. The molecule has 0 aliphatic carbocycles. The zero-order valence-corrected chi connectivity index (χ0v) is 8.16. The molecule has 1 aromatic carbocycles. The number of nitrogens with one attached hydrogen (secondary N) is 1. The summed E-state index contributed by atoms with van der Waals surface area (Å²) in [5.74, 6) is -0.423. The minimum Gasteiger partial charge on any atom is -0.366 e. The van der Waals surface area contributed by atoms with E-state index in [1.54, 1.807) is 6.07 Å². The number of hydrogen-bond acceptors (Lipinski definition) is 3. The molecule has 1 amide bonds. The SMILES string of the molecule is CC1Nc2c(C(N)=O)c[c]cc2N1C. The van der Waals surface area contributed by atoms with Gasteiger partial charge in [-0.25, -0.2) is 0 Å². The van der Waals surface area contributed by atoms with Gasteiger partial charge in [-0.15, -0.1) is 0 Å². The summed E-state index contributed by atoms with van der Waals surface area (Å²) in [6.07, 6.45) is 0.180. The normalized spacial score (nSPS) is 19.0. The first-order valence-electron chi connectivity index (χ1n) is 4.44. The minimum atomic E-state index is -0.423. The van der Waals surface area contributed by atoms with Crippen molar-refractivity contribution < 1.29 is 4.79 Å². The van der Waals surface area contributed by atoms with Crippen molar-refractivity contribution in [3.05, 3.63) is 23.8 Å². The minimum absolute atomic E-state index is 0.180. The van der Waals surface area contributed by atoms with E-state index in [4.69, 9.17) is 5.73 Å². The third kappa shape index (κ3) is 1.11. The van der Waals surface area contributed by atoms with Crippen molar-refractivity contribution in [2.75, 3.05) is 17.3 Å². The molecular formula is C10H12N3O.